The van der Waals surface area contributed by atoms with Gasteiger partial charge in [0.1, 0.15) is 13.2 Å². The van der Waals surface area contributed by atoms with Gasteiger partial charge >= 0.3 is 17.9 Å². The van der Waals surface area contributed by atoms with Gasteiger partial charge in [-0.15, -0.1) is 0 Å². The van der Waals surface area contributed by atoms with Crippen LogP contribution in [0.15, 0.2) is 219 Å². The SMILES string of the molecule is CC/C=C\C/C=C\C/C=C\C/C=C\C/C=C\C/C=C\C/C=C\C/C=C\C/C=C\C/C=C\CCCCCCC(=O)OCC(COC(=O)CCCCC/C=C\C/C=C\C/C=C\CC)OC(=O)C/C=C\C/C=C\C/C=C\C/C=C\C/C=C\CC. The van der Waals surface area contributed by atoms with Crippen molar-refractivity contribution < 1.29 is 28.6 Å². The number of ether oxygens (including phenoxy) is 3. The lowest BCUT2D eigenvalue weighted by atomic mass is 10.1. The molecular weight excluding hydrogens is 997 g/mol. The van der Waals surface area contributed by atoms with Gasteiger partial charge in [-0.05, 0) is 154 Å². The first-order chi connectivity index (χ1) is 40.0. The van der Waals surface area contributed by atoms with Crippen LogP contribution >= 0.6 is 0 Å². The summed E-state index contributed by atoms with van der Waals surface area (Å²) in [7, 11) is 0. The van der Waals surface area contributed by atoms with Crippen molar-refractivity contribution in [1.29, 1.82) is 0 Å². The minimum Gasteiger partial charge on any atom is -0.462 e. The molecule has 0 amide bonds. The predicted molar refractivity (Wildman–Crippen MR) is 352 cm³/mol. The van der Waals surface area contributed by atoms with Crippen molar-refractivity contribution in [1.82, 2.24) is 0 Å². The van der Waals surface area contributed by atoms with Gasteiger partial charge in [-0.25, -0.2) is 0 Å². The molecule has 0 aliphatic carbocycles. The Morgan fingerprint density at radius 1 is 0.259 bits per heavy atom. The average molecular weight is 1110 g/mol. The molecule has 0 spiro atoms. The van der Waals surface area contributed by atoms with Crippen LogP contribution in [0, 0.1) is 0 Å². The fourth-order valence-electron chi connectivity index (χ4n) is 7.44. The van der Waals surface area contributed by atoms with E-state index in [-0.39, 0.29) is 38.0 Å². The zero-order valence-corrected chi connectivity index (χ0v) is 50.9. The maximum Gasteiger partial charge on any atom is 0.310 e. The van der Waals surface area contributed by atoms with E-state index < -0.39 is 12.1 Å². The highest BCUT2D eigenvalue weighted by Crippen LogP contribution is 2.11. The van der Waals surface area contributed by atoms with Gasteiger partial charge in [-0.1, -0.05) is 259 Å². The van der Waals surface area contributed by atoms with Gasteiger partial charge in [0.15, 0.2) is 6.10 Å². The number of rotatable bonds is 53. The smallest absolute Gasteiger partial charge is 0.310 e. The van der Waals surface area contributed by atoms with Crippen LogP contribution in [0.2, 0.25) is 0 Å². The summed E-state index contributed by atoms with van der Waals surface area (Å²) in [6, 6.07) is 0. The Morgan fingerprint density at radius 2 is 0.481 bits per heavy atom. The molecule has 0 aromatic carbocycles. The average Bonchev–Trinajstić information content (AvgIpc) is 3.46. The maximum absolute atomic E-state index is 12.8. The van der Waals surface area contributed by atoms with Crippen molar-refractivity contribution in [2.75, 3.05) is 13.2 Å². The monoisotopic (exact) mass is 1110 g/mol. The summed E-state index contributed by atoms with van der Waals surface area (Å²) in [4.78, 5) is 38.1. The number of hydrogen-bond acceptors (Lipinski definition) is 6. The van der Waals surface area contributed by atoms with Crippen LogP contribution in [-0.4, -0.2) is 37.2 Å². The number of carbonyl (C=O) groups excluding carboxylic acids is 3. The van der Waals surface area contributed by atoms with E-state index in [4.69, 9.17) is 14.2 Å². The van der Waals surface area contributed by atoms with E-state index in [1.165, 1.54) is 0 Å². The number of allylic oxidation sites excluding steroid dienone is 35. The lowest BCUT2D eigenvalue weighted by Crippen LogP contribution is -2.30. The summed E-state index contributed by atoms with van der Waals surface area (Å²) in [6.45, 7) is 6.13. The first-order valence-corrected chi connectivity index (χ1v) is 31.2. The normalized spacial score (nSPS) is 13.7. The molecule has 0 radical (unpaired) electrons. The van der Waals surface area contributed by atoms with Gasteiger partial charge in [0, 0.05) is 12.8 Å². The van der Waals surface area contributed by atoms with Gasteiger partial charge in [-0.2, -0.15) is 0 Å². The maximum atomic E-state index is 12.8. The molecule has 0 rings (SSSR count). The van der Waals surface area contributed by atoms with E-state index in [2.05, 4.69) is 227 Å². The van der Waals surface area contributed by atoms with Gasteiger partial charge in [0.2, 0.25) is 0 Å². The van der Waals surface area contributed by atoms with Gasteiger partial charge in [0.05, 0.1) is 6.42 Å². The summed E-state index contributed by atoms with van der Waals surface area (Å²) >= 11 is 0. The molecule has 446 valence electrons. The van der Waals surface area contributed by atoms with Crippen LogP contribution in [0.1, 0.15) is 213 Å². The lowest BCUT2D eigenvalue weighted by molar-refractivity contribution is -0.166. The number of hydrogen-bond donors (Lipinski definition) is 0. The molecule has 6 nitrogen and oxygen atoms in total. The first kappa shape index (κ1) is 74.7. The van der Waals surface area contributed by atoms with Crippen molar-refractivity contribution in [3.05, 3.63) is 219 Å². The fourth-order valence-corrected chi connectivity index (χ4v) is 7.44. The van der Waals surface area contributed by atoms with E-state index in [0.29, 0.717) is 12.8 Å². The van der Waals surface area contributed by atoms with Gasteiger partial charge < -0.3 is 14.2 Å². The molecule has 1 unspecified atom stereocenters. The molecule has 0 aliphatic rings. The zero-order chi connectivity index (χ0) is 58.5. The third-order valence-electron chi connectivity index (χ3n) is 12.0. The quantitative estimate of drug-likeness (QED) is 0.0261. The van der Waals surface area contributed by atoms with E-state index in [0.717, 1.165) is 167 Å². The Kier molecular flexibility index (Phi) is 61.1. The molecule has 81 heavy (non-hydrogen) atoms. The third kappa shape index (κ3) is 64.4. The Balaban J connectivity index is 4.44. The number of esters is 3. The molecule has 6 heteroatoms. The zero-order valence-electron chi connectivity index (χ0n) is 50.9. The fraction of sp³-hybridized carbons (Fsp3) is 0.480. The summed E-state index contributed by atoms with van der Waals surface area (Å²) in [5.41, 5.74) is 0. The standard InChI is InChI=1S/C75H110O6/c1-4-7-10-13-16-19-22-25-27-28-29-30-31-32-33-34-35-36-37-38-39-40-41-42-43-44-45-46-48-50-53-56-59-62-65-68-74(77)80-71-72(70-79-73(76)67-64-61-58-55-52-49-24-21-18-15-12-9-6-3)81-75(78)69-66-63-60-57-54-51-47-26-23-20-17-14-11-8-5-2/h7-12,16-21,25-27,29-30,32-33,35-36,38-39,41-42,44-45,47-50,52,54,57,63,66,72H,4-6,13-15,22-24,28,31,34,37,40,43,46,51,53,55-56,58-62,64-65,67-71H2,1-3H3/b10-7-,11-8-,12-9-,19-16-,20-17-,21-18-,27-25-,30-29-,33-32-,36-35-,39-38-,42-41-,45-44-,47-26-,50-48-,52-49-,57-54-,66-63-. The van der Waals surface area contributed by atoms with Crippen molar-refractivity contribution in [3.63, 3.8) is 0 Å². The Hall–Kier alpha value is -6.27. The molecule has 0 fully saturated rings. The van der Waals surface area contributed by atoms with Crippen LogP contribution in [-0.2, 0) is 28.6 Å². The topological polar surface area (TPSA) is 78.9 Å². The molecule has 0 aromatic rings. The van der Waals surface area contributed by atoms with Crippen LogP contribution in [0.5, 0.6) is 0 Å². The van der Waals surface area contributed by atoms with Crippen molar-refractivity contribution in [3.8, 4) is 0 Å². The first-order valence-electron chi connectivity index (χ1n) is 31.2. The molecule has 0 aromatic heterocycles. The van der Waals surface area contributed by atoms with Gasteiger partial charge in [0.25, 0.3) is 0 Å². The van der Waals surface area contributed by atoms with E-state index >= 15 is 0 Å². The molecule has 0 bridgehead atoms. The van der Waals surface area contributed by atoms with Crippen LogP contribution in [0.3, 0.4) is 0 Å². The Morgan fingerprint density at radius 3 is 0.753 bits per heavy atom. The molecule has 0 saturated carbocycles. The summed E-state index contributed by atoms with van der Waals surface area (Å²) in [5.74, 6) is -1.15. The highest BCUT2D eigenvalue weighted by Gasteiger charge is 2.19. The Labute approximate surface area is 495 Å². The second-order valence-corrected chi connectivity index (χ2v) is 19.5. The highest BCUT2D eigenvalue weighted by molar-refractivity contribution is 5.72. The largest absolute Gasteiger partial charge is 0.462 e. The van der Waals surface area contributed by atoms with Crippen molar-refractivity contribution in [2.45, 2.75) is 219 Å². The number of carbonyl (C=O) groups is 3. The molecule has 0 saturated heterocycles. The summed E-state index contributed by atoms with van der Waals surface area (Å²) in [5, 5.41) is 0. The van der Waals surface area contributed by atoms with Gasteiger partial charge in [-0.3, -0.25) is 14.4 Å². The molecule has 0 aliphatic heterocycles. The molecule has 1 atom stereocenters. The van der Waals surface area contributed by atoms with E-state index in [1.54, 1.807) is 6.08 Å². The second kappa shape index (κ2) is 66.2. The van der Waals surface area contributed by atoms with E-state index in [1.807, 2.05) is 6.08 Å². The van der Waals surface area contributed by atoms with Crippen LogP contribution < -0.4 is 0 Å². The molecular formula is C75H110O6. The van der Waals surface area contributed by atoms with E-state index in [9.17, 15) is 14.4 Å². The number of unbranched alkanes of at least 4 members (excludes halogenated alkanes) is 7. The second-order valence-electron chi connectivity index (χ2n) is 19.5. The summed E-state index contributed by atoms with van der Waals surface area (Å²) in [6.07, 6.45) is 104. The van der Waals surface area contributed by atoms with Crippen molar-refractivity contribution in [2.24, 2.45) is 0 Å². The Bertz CT molecular complexity index is 2050. The summed E-state index contributed by atoms with van der Waals surface area (Å²) < 4.78 is 16.7. The third-order valence-corrected chi connectivity index (χ3v) is 12.0. The van der Waals surface area contributed by atoms with Crippen molar-refractivity contribution >= 4 is 17.9 Å². The highest BCUT2D eigenvalue weighted by atomic mass is 16.6. The molecule has 0 N–H and O–H groups in total. The van der Waals surface area contributed by atoms with Crippen LogP contribution in [0.25, 0.3) is 0 Å². The lowest BCUT2D eigenvalue weighted by Gasteiger charge is -2.18. The molecule has 0 heterocycles. The minimum absolute atomic E-state index is 0.0722. The minimum atomic E-state index is -0.869. The predicted octanol–water partition coefficient (Wildman–Crippen LogP) is 21.8. The van der Waals surface area contributed by atoms with Crippen LogP contribution in [0.4, 0.5) is 0 Å².